The van der Waals surface area contributed by atoms with Gasteiger partial charge in [0.15, 0.2) is 0 Å². The molecule has 0 spiro atoms. The molecule has 1 heterocycles. The van der Waals surface area contributed by atoms with Crippen LogP contribution in [0.3, 0.4) is 0 Å². The number of hydrogen-bond acceptors (Lipinski definition) is 3. The van der Waals surface area contributed by atoms with Gasteiger partial charge in [-0.05, 0) is 37.5 Å². The van der Waals surface area contributed by atoms with Crippen LogP contribution in [0.25, 0.3) is 0 Å². The molecule has 0 aromatic heterocycles. The Morgan fingerprint density at radius 1 is 0.762 bits per heavy atom. The lowest BCUT2D eigenvalue weighted by atomic mass is 9.96. The summed E-state index contributed by atoms with van der Waals surface area (Å²) in [7, 11) is 0. The Kier molecular flexibility index (Phi) is 17.8. The molecule has 2 rings (SSSR count). The van der Waals surface area contributed by atoms with Gasteiger partial charge in [0, 0.05) is 18.7 Å². The van der Waals surface area contributed by atoms with E-state index in [4.69, 9.17) is 4.74 Å². The number of carbonyl (C=O) groups excluding carboxylic acids is 2. The minimum atomic E-state index is -4.81. The molecule has 0 atom stereocenters. The van der Waals surface area contributed by atoms with E-state index in [1.165, 1.54) is 101 Å². The third kappa shape index (κ3) is 14.4. The van der Waals surface area contributed by atoms with Crippen LogP contribution in [0.1, 0.15) is 151 Å². The number of unbranched alkanes of at least 4 members (excludes halogenated alkanes) is 17. The molecule has 1 saturated heterocycles. The SMILES string of the molecule is CCCCCCCCCCCCCCCCCCCCOC(=O)C1CCN(C(=O)c2ccc(C(F)(F)F)c(F)c2)CC1. The van der Waals surface area contributed by atoms with Gasteiger partial charge >= 0.3 is 12.1 Å². The van der Waals surface area contributed by atoms with Gasteiger partial charge in [-0.25, -0.2) is 4.39 Å². The summed E-state index contributed by atoms with van der Waals surface area (Å²) in [6, 6.07) is 2.21. The van der Waals surface area contributed by atoms with E-state index < -0.39 is 23.5 Å². The molecule has 0 N–H and O–H groups in total. The monoisotopic (exact) mass is 599 g/mol. The number of halogens is 4. The van der Waals surface area contributed by atoms with Gasteiger partial charge in [-0.15, -0.1) is 0 Å². The van der Waals surface area contributed by atoms with Crippen LogP contribution in [0, 0.1) is 11.7 Å². The number of benzene rings is 1. The number of hydrogen-bond donors (Lipinski definition) is 0. The maximum atomic E-state index is 13.9. The average molecular weight is 600 g/mol. The van der Waals surface area contributed by atoms with E-state index in [0.29, 0.717) is 31.6 Å². The number of amides is 1. The number of rotatable bonds is 21. The number of esters is 1. The second-order valence-electron chi connectivity index (χ2n) is 11.9. The summed E-state index contributed by atoms with van der Waals surface area (Å²) in [4.78, 5) is 26.5. The Labute approximate surface area is 251 Å². The van der Waals surface area contributed by atoms with Crippen LogP contribution in [-0.4, -0.2) is 36.5 Å². The Hall–Kier alpha value is -2.12. The number of likely N-dealkylation sites (tertiary alicyclic amines) is 1. The van der Waals surface area contributed by atoms with Gasteiger partial charge in [0.2, 0.25) is 0 Å². The molecule has 0 unspecified atom stereocenters. The van der Waals surface area contributed by atoms with E-state index in [1.54, 1.807) is 0 Å². The second kappa shape index (κ2) is 20.7. The molecular weight excluding hydrogens is 546 g/mol. The van der Waals surface area contributed by atoms with Crippen LogP contribution >= 0.6 is 0 Å². The first-order valence-electron chi connectivity index (χ1n) is 16.6. The first-order chi connectivity index (χ1) is 20.2. The lowest BCUT2D eigenvalue weighted by Crippen LogP contribution is -2.40. The topological polar surface area (TPSA) is 46.6 Å². The van der Waals surface area contributed by atoms with Gasteiger partial charge in [-0.1, -0.05) is 116 Å². The molecule has 1 aromatic rings. The zero-order valence-electron chi connectivity index (χ0n) is 25.8. The van der Waals surface area contributed by atoms with E-state index in [1.807, 2.05) is 0 Å². The zero-order valence-corrected chi connectivity index (χ0v) is 25.8. The zero-order chi connectivity index (χ0) is 30.6. The molecular formula is C34H53F4NO3. The molecule has 0 saturated carbocycles. The fourth-order valence-electron chi connectivity index (χ4n) is 5.67. The van der Waals surface area contributed by atoms with Crippen molar-refractivity contribution in [1.82, 2.24) is 4.90 Å². The molecule has 1 fully saturated rings. The van der Waals surface area contributed by atoms with Crippen molar-refractivity contribution in [2.24, 2.45) is 5.92 Å². The van der Waals surface area contributed by atoms with Crippen LogP contribution in [0.4, 0.5) is 17.6 Å². The Morgan fingerprint density at radius 3 is 1.64 bits per heavy atom. The molecule has 1 aromatic carbocycles. The number of piperidine rings is 1. The number of nitrogens with zero attached hydrogens (tertiary/aromatic N) is 1. The Balaban J connectivity index is 1.42. The summed E-state index contributed by atoms with van der Waals surface area (Å²) in [5.41, 5.74) is -1.52. The maximum Gasteiger partial charge on any atom is 0.419 e. The third-order valence-electron chi connectivity index (χ3n) is 8.38. The fourth-order valence-corrected chi connectivity index (χ4v) is 5.67. The summed E-state index contributed by atoms with van der Waals surface area (Å²) < 4.78 is 57.6. The van der Waals surface area contributed by atoms with Crippen molar-refractivity contribution in [2.45, 2.75) is 142 Å². The van der Waals surface area contributed by atoms with Crippen molar-refractivity contribution < 1.29 is 31.9 Å². The Bertz CT molecular complexity index is 897. The molecule has 0 bridgehead atoms. The predicted octanol–water partition coefficient (Wildman–Crippen LogP) is 10.3. The smallest absolute Gasteiger partial charge is 0.419 e. The van der Waals surface area contributed by atoms with Crippen molar-refractivity contribution in [2.75, 3.05) is 19.7 Å². The van der Waals surface area contributed by atoms with Crippen LogP contribution < -0.4 is 0 Å². The van der Waals surface area contributed by atoms with E-state index in [-0.39, 0.29) is 30.5 Å². The van der Waals surface area contributed by atoms with Crippen molar-refractivity contribution in [1.29, 1.82) is 0 Å². The fraction of sp³-hybridized carbons (Fsp3) is 0.765. The number of ether oxygens (including phenoxy) is 1. The van der Waals surface area contributed by atoms with Gasteiger partial charge in [0.05, 0.1) is 18.1 Å². The first kappa shape index (κ1) is 36.1. The van der Waals surface area contributed by atoms with E-state index in [0.717, 1.165) is 25.3 Å². The first-order valence-corrected chi connectivity index (χ1v) is 16.6. The molecule has 4 nitrogen and oxygen atoms in total. The molecule has 240 valence electrons. The molecule has 1 aliphatic heterocycles. The molecule has 1 aliphatic rings. The molecule has 8 heteroatoms. The van der Waals surface area contributed by atoms with Gasteiger partial charge in [0.25, 0.3) is 5.91 Å². The van der Waals surface area contributed by atoms with Crippen molar-refractivity contribution in [3.05, 3.63) is 35.1 Å². The lowest BCUT2D eigenvalue weighted by molar-refractivity contribution is -0.150. The van der Waals surface area contributed by atoms with Crippen LogP contribution in [0.5, 0.6) is 0 Å². The summed E-state index contributed by atoms with van der Waals surface area (Å²) in [5, 5.41) is 0. The van der Waals surface area contributed by atoms with E-state index in [2.05, 4.69) is 6.92 Å². The summed E-state index contributed by atoms with van der Waals surface area (Å²) in [6.07, 6.45) is 19.5. The van der Waals surface area contributed by atoms with E-state index >= 15 is 0 Å². The maximum absolute atomic E-state index is 13.9. The molecule has 42 heavy (non-hydrogen) atoms. The highest BCUT2D eigenvalue weighted by Crippen LogP contribution is 2.32. The van der Waals surface area contributed by atoms with Crippen LogP contribution in [0.2, 0.25) is 0 Å². The highest BCUT2D eigenvalue weighted by atomic mass is 19.4. The summed E-state index contributed by atoms with van der Waals surface area (Å²) >= 11 is 0. The number of carbonyl (C=O) groups is 2. The normalized spacial score (nSPS) is 14.4. The highest BCUT2D eigenvalue weighted by Gasteiger charge is 2.35. The summed E-state index contributed by atoms with van der Waals surface area (Å²) in [6.45, 7) is 3.22. The summed E-state index contributed by atoms with van der Waals surface area (Å²) in [5.74, 6) is -2.55. The molecule has 1 amide bonds. The minimum Gasteiger partial charge on any atom is -0.465 e. The van der Waals surface area contributed by atoms with E-state index in [9.17, 15) is 27.2 Å². The standard InChI is InChI=1S/C34H53F4NO3/c1-2-3-4-5-6-7-8-9-10-11-12-13-14-15-16-17-18-19-26-42-33(41)28-22-24-39(25-23-28)32(40)29-20-21-30(31(35)27-29)34(36,37)38/h20-21,27-28H,2-19,22-26H2,1H3. The van der Waals surface area contributed by atoms with Crippen molar-refractivity contribution in [3.63, 3.8) is 0 Å². The quantitative estimate of drug-likeness (QED) is 0.0802. The average Bonchev–Trinajstić information content (AvgIpc) is 2.97. The molecule has 0 radical (unpaired) electrons. The van der Waals surface area contributed by atoms with Crippen LogP contribution in [0.15, 0.2) is 18.2 Å². The van der Waals surface area contributed by atoms with Crippen molar-refractivity contribution in [3.8, 4) is 0 Å². The van der Waals surface area contributed by atoms with Crippen LogP contribution in [-0.2, 0) is 15.7 Å². The van der Waals surface area contributed by atoms with Crippen molar-refractivity contribution >= 4 is 11.9 Å². The van der Waals surface area contributed by atoms with Gasteiger partial charge in [0.1, 0.15) is 5.82 Å². The lowest BCUT2D eigenvalue weighted by Gasteiger charge is -2.31. The minimum absolute atomic E-state index is 0.129. The largest absolute Gasteiger partial charge is 0.465 e. The van der Waals surface area contributed by atoms with Gasteiger partial charge in [-0.2, -0.15) is 13.2 Å². The third-order valence-corrected chi connectivity index (χ3v) is 8.38. The molecule has 0 aliphatic carbocycles. The highest BCUT2D eigenvalue weighted by molar-refractivity contribution is 5.94. The predicted molar refractivity (Wildman–Crippen MR) is 160 cm³/mol. The van der Waals surface area contributed by atoms with Gasteiger partial charge < -0.3 is 9.64 Å². The second-order valence-corrected chi connectivity index (χ2v) is 11.9. The van der Waals surface area contributed by atoms with Gasteiger partial charge in [-0.3, -0.25) is 9.59 Å². The Morgan fingerprint density at radius 2 is 1.21 bits per heavy atom. The number of alkyl halides is 3.